The van der Waals surface area contributed by atoms with Crippen LogP contribution in [-0.2, 0) is 11.2 Å². The number of benzene rings is 1. The molecule has 1 aromatic rings. The molecular formula is C16H25NO. The van der Waals surface area contributed by atoms with Crippen LogP contribution in [0.4, 0.5) is 0 Å². The molecule has 0 aliphatic rings. The number of amides is 1. The minimum Gasteiger partial charge on any atom is -0.353 e. The van der Waals surface area contributed by atoms with E-state index in [1.165, 1.54) is 16.7 Å². The predicted molar refractivity (Wildman–Crippen MR) is 76.7 cm³/mol. The van der Waals surface area contributed by atoms with Gasteiger partial charge in [-0.3, -0.25) is 4.79 Å². The zero-order valence-corrected chi connectivity index (χ0v) is 12.2. The van der Waals surface area contributed by atoms with Crippen molar-refractivity contribution in [3.63, 3.8) is 0 Å². The van der Waals surface area contributed by atoms with Crippen molar-refractivity contribution in [2.45, 2.75) is 53.5 Å². The molecule has 0 heterocycles. The van der Waals surface area contributed by atoms with Gasteiger partial charge in [-0.2, -0.15) is 0 Å². The number of rotatable bonds is 5. The summed E-state index contributed by atoms with van der Waals surface area (Å²) in [5.74, 6) is 0.630. The first-order chi connectivity index (χ1) is 8.40. The third kappa shape index (κ3) is 4.52. The van der Waals surface area contributed by atoms with E-state index in [1.54, 1.807) is 0 Å². The van der Waals surface area contributed by atoms with Crippen molar-refractivity contribution < 1.29 is 4.79 Å². The van der Waals surface area contributed by atoms with Crippen LogP contribution in [0.3, 0.4) is 0 Å². The highest BCUT2D eigenvalue weighted by Crippen LogP contribution is 2.11. The average Bonchev–Trinajstić information content (AvgIpc) is 2.30. The molecule has 18 heavy (non-hydrogen) atoms. The van der Waals surface area contributed by atoms with Crippen molar-refractivity contribution in [1.29, 1.82) is 0 Å². The van der Waals surface area contributed by atoms with Gasteiger partial charge in [0.1, 0.15) is 0 Å². The largest absolute Gasteiger partial charge is 0.353 e. The fourth-order valence-corrected chi connectivity index (χ4v) is 1.71. The van der Waals surface area contributed by atoms with Gasteiger partial charge in [0.05, 0.1) is 0 Å². The monoisotopic (exact) mass is 247 g/mol. The number of hydrogen-bond donors (Lipinski definition) is 1. The van der Waals surface area contributed by atoms with Crippen molar-refractivity contribution >= 4 is 5.91 Å². The molecule has 1 aromatic carbocycles. The van der Waals surface area contributed by atoms with Crippen molar-refractivity contribution in [2.24, 2.45) is 5.92 Å². The molecule has 1 amide bonds. The van der Waals surface area contributed by atoms with E-state index in [0.717, 1.165) is 6.42 Å². The van der Waals surface area contributed by atoms with Crippen LogP contribution in [0.1, 0.15) is 43.9 Å². The number of hydrogen-bond acceptors (Lipinski definition) is 1. The maximum absolute atomic E-state index is 11.8. The first-order valence-corrected chi connectivity index (χ1v) is 6.75. The van der Waals surface area contributed by atoms with Crippen molar-refractivity contribution in [2.75, 3.05) is 0 Å². The molecule has 2 nitrogen and oxygen atoms in total. The van der Waals surface area contributed by atoms with E-state index in [1.807, 2.05) is 0 Å². The van der Waals surface area contributed by atoms with Crippen LogP contribution in [0, 0.1) is 19.8 Å². The lowest BCUT2D eigenvalue weighted by atomic mass is 10.0. The molecule has 2 heteroatoms. The molecule has 0 fully saturated rings. The van der Waals surface area contributed by atoms with E-state index < -0.39 is 0 Å². The van der Waals surface area contributed by atoms with E-state index in [9.17, 15) is 4.79 Å². The highest BCUT2D eigenvalue weighted by molar-refractivity contribution is 5.76. The standard InChI is InChI=1S/C16H25NO/c1-11(2)14(5)17-16(18)9-8-15-7-6-12(3)13(4)10-15/h6-7,10-11,14H,8-9H2,1-5H3,(H,17,18)/t14-/m0/s1. The van der Waals surface area contributed by atoms with Crippen LogP contribution >= 0.6 is 0 Å². The van der Waals surface area contributed by atoms with Crippen molar-refractivity contribution in [1.82, 2.24) is 5.32 Å². The highest BCUT2D eigenvalue weighted by Gasteiger charge is 2.10. The van der Waals surface area contributed by atoms with E-state index in [0.29, 0.717) is 12.3 Å². The second-order valence-electron chi connectivity index (χ2n) is 5.52. The fraction of sp³-hybridized carbons (Fsp3) is 0.562. The third-order valence-corrected chi connectivity index (χ3v) is 3.60. The van der Waals surface area contributed by atoms with Crippen LogP contribution < -0.4 is 5.32 Å². The van der Waals surface area contributed by atoms with Crippen LogP contribution in [0.15, 0.2) is 18.2 Å². The summed E-state index contributed by atoms with van der Waals surface area (Å²) in [6.07, 6.45) is 1.39. The smallest absolute Gasteiger partial charge is 0.220 e. The second kappa shape index (κ2) is 6.58. The van der Waals surface area contributed by atoms with Crippen LogP contribution in [0.5, 0.6) is 0 Å². The van der Waals surface area contributed by atoms with Gasteiger partial charge < -0.3 is 5.32 Å². The maximum Gasteiger partial charge on any atom is 0.220 e. The predicted octanol–water partition coefficient (Wildman–Crippen LogP) is 3.40. The summed E-state index contributed by atoms with van der Waals surface area (Å²) in [4.78, 5) is 11.8. The molecule has 1 rings (SSSR count). The summed E-state index contributed by atoms with van der Waals surface area (Å²) in [5.41, 5.74) is 3.84. The zero-order valence-electron chi connectivity index (χ0n) is 12.2. The zero-order chi connectivity index (χ0) is 13.7. The number of carbonyl (C=O) groups is 1. The Morgan fingerprint density at radius 3 is 2.39 bits per heavy atom. The molecule has 1 atom stereocenters. The Hall–Kier alpha value is -1.31. The lowest BCUT2D eigenvalue weighted by Crippen LogP contribution is -2.36. The summed E-state index contributed by atoms with van der Waals surface area (Å²) in [6.45, 7) is 10.5. The van der Waals surface area contributed by atoms with Crippen molar-refractivity contribution in [3.05, 3.63) is 34.9 Å². The molecule has 1 N–H and O–H groups in total. The van der Waals surface area contributed by atoms with Gasteiger partial charge in [-0.15, -0.1) is 0 Å². The molecule has 100 valence electrons. The SMILES string of the molecule is Cc1ccc(CCC(=O)N[C@@H](C)C(C)C)cc1C. The average molecular weight is 247 g/mol. The molecule has 0 saturated heterocycles. The molecule has 0 aromatic heterocycles. The second-order valence-corrected chi connectivity index (χ2v) is 5.52. The molecule has 0 radical (unpaired) electrons. The molecule has 0 bridgehead atoms. The highest BCUT2D eigenvalue weighted by atomic mass is 16.1. The molecule has 0 aliphatic carbocycles. The van der Waals surface area contributed by atoms with Gasteiger partial charge in [-0.1, -0.05) is 32.0 Å². The van der Waals surface area contributed by atoms with Gasteiger partial charge in [0, 0.05) is 12.5 Å². The molecule has 0 saturated carbocycles. The first-order valence-electron chi connectivity index (χ1n) is 6.75. The Morgan fingerprint density at radius 2 is 1.83 bits per heavy atom. The summed E-state index contributed by atoms with van der Waals surface area (Å²) in [5, 5.41) is 3.04. The minimum atomic E-state index is 0.148. The molecule has 0 spiro atoms. The lowest BCUT2D eigenvalue weighted by molar-refractivity contribution is -0.121. The normalized spacial score (nSPS) is 12.6. The van der Waals surface area contributed by atoms with Gasteiger partial charge >= 0.3 is 0 Å². The molecular weight excluding hydrogens is 222 g/mol. The summed E-state index contributed by atoms with van der Waals surface area (Å²) < 4.78 is 0. The quantitative estimate of drug-likeness (QED) is 0.849. The Labute approximate surface area is 111 Å². The Kier molecular flexibility index (Phi) is 5.39. The van der Waals surface area contributed by atoms with E-state index >= 15 is 0 Å². The summed E-state index contributed by atoms with van der Waals surface area (Å²) in [7, 11) is 0. The van der Waals surface area contributed by atoms with Gasteiger partial charge in [0.25, 0.3) is 0 Å². The minimum absolute atomic E-state index is 0.148. The molecule has 0 aliphatic heterocycles. The van der Waals surface area contributed by atoms with Gasteiger partial charge in [-0.05, 0) is 49.8 Å². The fourth-order valence-electron chi connectivity index (χ4n) is 1.71. The first kappa shape index (κ1) is 14.7. The number of nitrogens with one attached hydrogen (secondary N) is 1. The van der Waals surface area contributed by atoms with Gasteiger partial charge in [-0.25, -0.2) is 0 Å². The van der Waals surface area contributed by atoms with Gasteiger partial charge in [0.15, 0.2) is 0 Å². The Morgan fingerprint density at radius 1 is 1.17 bits per heavy atom. The summed E-state index contributed by atoms with van der Waals surface area (Å²) >= 11 is 0. The third-order valence-electron chi connectivity index (χ3n) is 3.60. The summed E-state index contributed by atoms with van der Waals surface area (Å²) in [6, 6.07) is 6.66. The topological polar surface area (TPSA) is 29.1 Å². The van der Waals surface area contributed by atoms with E-state index in [2.05, 4.69) is 58.1 Å². The van der Waals surface area contributed by atoms with E-state index in [-0.39, 0.29) is 11.9 Å². The molecule has 0 unspecified atom stereocenters. The van der Waals surface area contributed by atoms with Crippen LogP contribution in [0.2, 0.25) is 0 Å². The lowest BCUT2D eigenvalue weighted by Gasteiger charge is -2.17. The Bertz CT molecular complexity index is 410. The maximum atomic E-state index is 11.8. The van der Waals surface area contributed by atoms with Crippen LogP contribution in [-0.4, -0.2) is 11.9 Å². The van der Waals surface area contributed by atoms with Crippen LogP contribution in [0.25, 0.3) is 0 Å². The van der Waals surface area contributed by atoms with Crippen molar-refractivity contribution in [3.8, 4) is 0 Å². The number of carbonyl (C=O) groups excluding carboxylic acids is 1. The number of aryl methyl sites for hydroxylation is 3. The van der Waals surface area contributed by atoms with Gasteiger partial charge in [0.2, 0.25) is 5.91 Å². The Balaban J connectivity index is 2.45. The van der Waals surface area contributed by atoms with E-state index in [4.69, 9.17) is 0 Å².